The van der Waals surface area contributed by atoms with Gasteiger partial charge < -0.3 is 10.5 Å². The van der Waals surface area contributed by atoms with Crippen molar-refractivity contribution in [3.05, 3.63) is 29.8 Å². The van der Waals surface area contributed by atoms with Crippen molar-refractivity contribution in [3.63, 3.8) is 0 Å². The Morgan fingerprint density at radius 3 is 2.19 bits per heavy atom. The summed E-state index contributed by atoms with van der Waals surface area (Å²) in [6, 6.07) is 5.03. The molecule has 1 rings (SSSR count). The van der Waals surface area contributed by atoms with Crippen LogP contribution >= 0.6 is 0 Å². The van der Waals surface area contributed by atoms with Crippen molar-refractivity contribution in [3.8, 4) is 5.75 Å². The van der Waals surface area contributed by atoms with Gasteiger partial charge in [0.05, 0.1) is 5.92 Å². The molecule has 0 aromatic heterocycles. The zero-order valence-electron chi connectivity index (χ0n) is 8.41. The summed E-state index contributed by atoms with van der Waals surface area (Å²) in [4.78, 5) is 10.8. The lowest BCUT2D eigenvalue weighted by Gasteiger charge is -2.11. The largest absolute Gasteiger partial charge is 0.573 e. The van der Waals surface area contributed by atoms with E-state index in [1.807, 2.05) is 0 Å². The first-order chi connectivity index (χ1) is 7.29. The summed E-state index contributed by atoms with van der Waals surface area (Å²) in [5.41, 5.74) is 5.60. The molecule has 0 aliphatic carbocycles. The van der Waals surface area contributed by atoms with Crippen LogP contribution in [0.3, 0.4) is 0 Å². The van der Waals surface area contributed by atoms with Crippen molar-refractivity contribution < 1.29 is 22.7 Å². The third-order valence-electron chi connectivity index (χ3n) is 2.04. The van der Waals surface area contributed by atoms with Gasteiger partial charge >= 0.3 is 6.36 Å². The monoisotopic (exact) mass is 233 g/mol. The Labute approximate surface area is 90.0 Å². The highest BCUT2D eigenvalue weighted by Gasteiger charge is 2.31. The number of carbonyl (C=O) groups is 1. The fraction of sp³-hybridized carbons (Fsp3) is 0.300. The van der Waals surface area contributed by atoms with Crippen LogP contribution in [-0.2, 0) is 4.79 Å². The van der Waals surface area contributed by atoms with Crippen LogP contribution in [0.5, 0.6) is 5.75 Å². The lowest BCUT2D eigenvalue weighted by atomic mass is 10.0. The molecule has 0 saturated heterocycles. The maximum Gasteiger partial charge on any atom is 0.573 e. The highest BCUT2D eigenvalue weighted by Crippen LogP contribution is 2.24. The van der Waals surface area contributed by atoms with Gasteiger partial charge in [0.1, 0.15) is 5.75 Å². The number of halogens is 3. The van der Waals surface area contributed by atoms with Gasteiger partial charge in [-0.15, -0.1) is 13.2 Å². The quantitative estimate of drug-likeness (QED) is 0.869. The molecule has 2 N–H and O–H groups in total. The predicted octanol–water partition coefficient (Wildman–Crippen LogP) is 2.17. The van der Waals surface area contributed by atoms with Gasteiger partial charge in [-0.2, -0.15) is 0 Å². The maximum atomic E-state index is 11.8. The lowest BCUT2D eigenvalue weighted by molar-refractivity contribution is -0.274. The zero-order valence-corrected chi connectivity index (χ0v) is 8.41. The second-order valence-electron chi connectivity index (χ2n) is 3.24. The number of ether oxygens (including phenoxy) is 1. The normalized spacial score (nSPS) is 13.2. The van der Waals surface area contributed by atoms with E-state index in [9.17, 15) is 18.0 Å². The van der Waals surface area contributed by atoms with Gasteiger partial charge in [-0.25, -0.2) is 0 Å². The highest BCUT2D eigenvalue weighted by molar-refractivity contribution is 5.81. The summed E-state index contributed by atoms with van der Waals surface area (Å²) in [7, 11) is 0. The molecule has 1 amide bonds. The summed E-state index contributed by atoms with van der Waals surface area (Å²) in [6.45, 7) is 1.57. The molecule has 0 saturated carbocycles. The van der Waals surface area contributed by atoms with Crippen LogP contribution in [0.2, 0.25) is 0 Å². The van der Waals surface area contributed by atoms with E-state index >= 15 is 0 Å². The zero-order chi connectivity index (χ0) is 12.3. The van der Waals surface area contributed by atoms with Crippen molar-refractivity contribution in [2.24, 2.45) is 5.73 Å². The molecule has 0 spiro atoms. The second-order valence-corrected chi connectivity index (χ2v) is 3.24. The van der Waals surface area contributed by atoms with E-state index in [-0.39, 0.29) is 5.75 Å². The smallest absolute Gasteiger partial charge is 0.406 e. The van der Waals surface area contributed by atoms with Crippen molar-refractivity contribution in [1.82, 2.24) is 0 Å². The van der Waals surface area contributed by atoms with Crippen molar-refractivity contribution in [2.45, 2.75) is 19.2 Å². The molecule has 88 valence electrons. The van der Waals surface area contributed by atoms with Crippen LogP contribution < -0.4 is 10.5 Å². The van der Waals surface area contributed by atoms with E-state index in [0.717, 1.165) is 12.1 Å². The molecule has 1 aromatic rings. The van der Waals surface area contributed by atoms with Gasteiger partial charge in [-0.3, -0.25) is 4.79 Å². The molecule has 0 aliphatic heterocycles. The predicted molar refractivity (Wildman–Crippen MR) is 50.7 cm³/mol. The maximum absolute atomic E-state index is 11.8. The number of nitrogens with two attached hydrogens (primary N) is 1. The Hall–Kier alpha value is -1.72. The molecule has 1 aromatic carbocycles. The molecule has 3 nitrogen and oxygen atoms in total. The van der Waals surface area contributed by atoms with E-state index in [1.165, 1.54) is 12.1 Å². The van der Waals surface area contributed by atoms with Gasteiger partial charge in [0, 0.05) is 0 Å². The number of hydrogen-bond acceptors (Lipinski definition) is 2. The van der Waals surface area contributed by atoms with Gasteiger partial charge in [0.15, 0.2) is 0 Å². The van der Waals surface area contributed by atoms with Crippen LogP contribution in [0.1, 0.15) is 18.4 Å². The van der Waals surface area contributed by atoms with Crippen molar-refractivity contribution in [2.75, 3.05) is 0 Å². The Morgan fingerprint density at radius 1 is 1.31 bits per heavy atom. The van der Waals surface area contributed by atoms with E-state index in [0.29, 0.717) is 5.56 Å². The Bertz CT molecular complexity index is 373. The number of benzene rings is 1. The first kappa shape index (κ1) is 12.4. The van der Waals surface area contributed by atoms with Crippen LogP contribution in [0.4, 0.5) is 13.2 Å². The summed E-state index contributed by atoms with van der Waals surface area (Å²) >= 11 is 0. The SMILES string of the molecule is CC(C(N)=O)c1ccc(OC(F)(F)F)cc1. The minimum absolute atomic E-state index is 0.326. The summed E-state index contributed by atoms with van der Waals surface area (Å²) < 4.78 is 39.2. The van der Waals surface area contributed by atoms with E-state index < -0.39 is 18.2 Å². The van der Waals surface area contributed by atoms with Gasteiger partial charge in [0.2, 0.25) is 5.91 Å². The minimum atomic E-state index is -4.71. The van der Waals surface area contributed by atoms with Gasteiger partial charge in [0.25, 0.3) is 0 Å². The van der Waals surface area contributed by atoms with Crippen LogP contribution in [-0.4, -0.2) is 12.3 Å². The fourth-order valence-corrected chi connectivity index (χ4v) is 1.12. The molecular weight excluding hydrogens is 223 g/mol. The van der Waals surface area contributed by atoms with Crippen LogP contribution in [0.15, 0.2) is 24.3 Å². The Balaban J connectivity index is 2.79. The highest BCUT2D eigenvalue weighted by atomic mass is 19.4. The van der Waals surface area contributed by atoms with Crippen molar-refractivity contribution in [1.29, 1.82) is 0 Å². The molecule has 1 atom stereocenters. The first-order valence-electron chi connectivity index (χ1n) is 4.44. The second kappa shape index (κ2) is 4.42. The first-order valence-corrected chi connectivity index (χ1v) is 4.44. The molecular formula is C10H10F3NO2. The number of alkyl halides is 3. The average Bonchev–Trinajstić information content (AvgIpc) is 2.15. The summed E-state index contributed by atoms with van der Waals surface area (Å²) in [5, 5.41) is 0. The molecule has 1 unspecified atom stereocenters. The third kappa shape index (κ3) is 3.45. The number of amides is 1. The molecule has 16 heavy (non-hydrogen) atoms. The summed E-state index contributed by atoms with van der Waals surface area (Å²) in [5.74, 6) is -1.41. The number of rotatable bonds is 3. The molecule has 0 heterocycles. The van der Waals surface area contributed by atoms with Crippen molar-refractivity contribution >= 4 is 5.91 Å². The standard InChI is InChI=1S/C10H10F3NO2/c1-6(9(14)15)7-2-4-8(5-3-7)16-10(11,12)13/h2-6H,1H3,(H2,14,15). The van der Waals surface area contributed by atoms with E-state index in [4.69, 9.17) is 5.73 Å². The van der Waals surface area contributed by atoms with E-state index in [1.54, 1.807) is 6.92 Å². The van der Waals surface area contributed by atoms with Gasteiger partial charge in [-0.1, -0.05) is 12.1 Å². The Kier molecular flexibility index (Phi) is 3.41. The Morgan fingerprint density at radius 2 is 1.81 bits per heavy atom. The number of hydrogen-bond donors (Lipinski definition) is 1. The van der Waals surface area contributed by atoms with Crippen LogP contribution in [0, 0.1) is 0 Å². The average molecular weight is 233 g/mol. The number of primary amides is 1. The molecule has 0 radical (unpaired) electrons. The number of carbonyl (C=O) groups excluding carboxylic acids is 1. The molecule has 0 fully saturated rings. The van der Waals surface area contributed by atoms with Gasteiger partial charge in [-0.05, 0) is 24.6 Å². The fourth-order valence-electron chi connectivity index (χ4n) is 1.12. The molecule has 0 bridgehead atoms. The molecule has 6 heteroatoms. The summed E-state index contributed by atoms with van der Waals surface area (Å²) in [6.07, 6.45) is -4.71. The van der Waals surface area contributed by atoms with Crippen LogP contribution in [0.25, 0.3) is 0 Å². The van der Waals surface area contributed by atoms with E-state index in [2.05, 4.69) is 4.74 Å². The minimum Gasteiger partial charge on any atom is -0.406 e. The third-order valence-corrected chi connectivity index (χ3v) is 2.04. The molecule has 0 aliphatic rings. The lowest BCUT2D eigenvalue weighted by Crippen LogP contribution is -2.19. The topological polar surface area (TPSA) is 52.3 Å².